The Balaban J connectivity index is 1.69. The molecular formula is C21H22N2O3S. The van der Waals surface area contributed by atoms with Crippen LogP contribution in [0.5, 0.6) is 11.5 Å². The first-order valence-corrected chi connectivity index (χ1v) is 9.56. The van der Waals surface area contributed by atoms with Crippen LogP contribution < -0.4 is 14.8 Å². The number of pyridine rings is 1. The number of benzene rings is 2. The summed E-state index contributed by atoms with van der Waals surface area (Å²) >= 11 is 1.43. The maximum Gasteiger partial charge on any atom is 0.230 e. The fourth-order valence-corrected chi connectivity index (χ4v) is 3.54. The number of fused-ring (bicyclic) bond motifs is 1. The molecule has 5 nitrogen and oxygen atoms in total. The number of carbonyl (C=O) groups is 1. The fraction of sp³-hybridized carbons (Fsp3) is 0.238. The zero-order valence-electron chi connectivity index (χ0n) is 15.6. The average Bonchev–Trinajstić information content (AvgIpc) is 2.70. The molecule has 0 atom stereocenters. The molecule has 0 spiro atoms. The van der Waals surface area contributed by atoms with E-state index in [1.54, 1.807) is 14.2 Å². The largest absolute Gasteiger partial charge is 0.493 e. The molecule has 1 N–H and O–H groups in total. The Hall–Kier alpha value is -2.73. The minimum Gasteiger partial charge on any atom is -0.493 e. The maximum absolute atomic E-state index is 12.2. The summed E-state index contributed by atoms with van der Waals surface area (Å²) in [4.78, 5) is 16.8. The molecule has 3 aromatic rings. The van der Waals surface area contributed by atoms with Crippen molar-refractivity contribution in [2.75, 3.05) is 20.0 Å². The number of carbonyl (C=O) groups excluding carboxylic acids is 1. The van der Waals surface area contributed by atoms with E-state index in [2.05, 4.69) is 11.4 Å². The Labute approximate surface area is 163 Å². The van der Waals surface area contributed by atoms with Crippen molar-refractivity contribution >= 4 is 28.6 Å². The molecule has 0 bridgehead atoms. The molecule has 140 valence electrons. The lowest BCUT2D eigenvalue weighted by Crippen LogP contribution is -2.24. The van der Waals surface area contributed by atoms with E-state index < -0.39 is 0 Å². The van der Waals surface area contributed by atoms with Crippen LogP contribution >= 0.6 is 11.8 Å². The summed E-state index contributed by atoms with van der Waals surface area (Å²) in [5, 5.41) is 4.75. The molecule has 0 radical (unpaired) electrons. The lowest BCUT2D eigenvalue weighted by atomic mass is 10.1. The molecule has 0 aliphatic carbocycles. The smallest absolute Gasteiger partial charge is 0.230 e. The van der Waals surface area contributed by atoms with Crippen LogP contribution in [-0.2, 0) is 11.3 Å². The molecule has 2 aromatic carbocycles. The summed E-state index contributed by atoms with van der Waals surface area (Å²) in [6, 6.07) is 15.7. The number of nitrogens with one attached hydrogen (secondary N) is 1. The number of ether oxygens (including phenoxy) is 2. The van der Waals surface area contributed by atoms with Gasteiger partial charge in [0.1, 0.15) is 5.03 Å². The van der Waals surface area contributed by atoms with Crippen molar-refractivity contribution in [1.82, 2.24) is 10.3 Å². The lowest BCUT2D eigenvalue weighted by molar-refractivity contribution is -0.118. The highest BCUT2D eigenvalue weighted by Crippen LogP contribution is 2.33. The third-order valence-electron chi connectivity index (χ3n) is 4.14. The summed E-state index contributed by atoms with van der Waals surface area (Å²) in [7, 11) is 3.22. The van der Waals surface area contributed by atoms with Crippen molar-refractivity contribution in [3.8, 4) is 11.5 Å². The van der Waals surface area contributed by atoms with Crippen LogP contribution in [0.2, 0.25) is 0 Å². The Morgan fingerprint density at radius 1 is 1.07 bits per heavy atom. The van der Waals surface area contributed by atoms with Gasteiger partial charge in [-0.2, -0.15) is 0 Å². The topological polar surface area (TPSA) is 60.5 Å². The monoisotopic (exact) mass is 382 g/mol. The van der Waals surface area contributed by atoms with Crippen molar-refractivity contribution in [2.45, 2.75) is 18.5 Å². The number of aryl methyl sites for hydroxylation is 1. The van der Waals surface area contributed by atoms with Crippen LogP contribution in [0.15, 0.2) is 53.6 Å². The van der Waals surface area contributed by atoms with Crippen molar-refractivity contribution in [3.63, 3.8) is 0 Å². The number of aromatic nitrogens is 1. The third kappa shape index (κ3) is 4.71. The average molecular weight is 382 g/mol. The van der Waals surface area contributed by atoms with Gasteiger partial charge in [-0.1, -0.05) is 42.1 Å². The van der Waals surface area contributed by atoms with Gasteiger partial charge in [-0.05, 0) is 30.2 Å². The van der Waals surface area contributed by atoms with E-state index in [0.717, 1.165) is 27.1 Å². The van der Waals surface area contributed by atoms with Crippen molar-refractivity contribution < 1.29 is 14.3 Å². The molecule has 0 unspecified atom stereocenters. The first-order valence-electron chi connectivity index (χ1n) is 8.57. The van der Waals surface area contributed by atoms with Gasteiger partial charge in [0.05, 0.1) is 25.5 Å². The molecule has 27 heavy (non-hydrogen) atoms. The maximum atomic E-state index is 12.2. The molecule has 0 fully saturated rings. The number of thioether (sulfide) groups is 1. The predicted octanol–water partition coefficient (Wildman–Crippen LogP) is 3.97. The van der Waals surface area contributed by atoms with E-state index in [1.165, 1.54) is 11.8 Å². The van der Waals surface area contributed by atoms with Crippen LogP contribution in [0.25, 0.3) is 10.9 Å². The first-order chi connectivity index (χ1) is 13.1. The molecule has 3 rings (SSSR count). The number of hydrogen-bond donors (Lipinski definition) is 1. The van der Waals surface area contributed by atoms with E-state index in [1.807, 2.05) is 49.4 Å². The molecule has 1 heterocycles. The zero-order chi connectivity index (χ0) is 19.2. The number of amides is 1. The van der Waals surface area contributed by atoms with Gasteiger partial charge in [-0.15, -0.1) is 0 Å². The molecule has 1 aromatic heterocycles. The van der Waals surface area contributed by atoms with E-state index in [-0.39, 0.29) is 5.91 Å². The number of rotatable bonds is 7. The Morgan fingerprint density at radius 3 is 2.48 bits per heavy atom. The summed E-state index contributed by atoms with van der Waals surface area (Å²) in [5.74, 6) is 1.61. The molecule has 0 saturated heterocycles. The molecular weight excluding hydrogens is 360 g/mol. The third-order valence-corrected chi connectivity index (χ3v) is 5.23. The Morgan fingerprint density at radius 2 is 1.78 bits per heavy atom. The Kier molecular flexibility index (Phi) is 6.19. The fourth-order valence-electron chi connectivity index (χ4n) is 2.72. The predicted molar refractivity (Wildman–Crippen MR) is 109 cm³/mol. The standard InChI is InChI=1S/C21H22N2O3S/c1-14-9-16-10-18(25-2)19(26-3)11-17(16)23-21(14)27-13-20(24)22-12-15-7-5-4-6-8-15/h4-11H,12-13H2,1-3H3,(H,22,24). The summed E-state index contributed by atoms with van der Waals surface area (Å²) < 4.78 is 10.7. The second-order valence-corrected chi connectivity index (χ2v) is 7.03. The lowest BCUT2D eigenvalue weighted by Gasteiger charge is -2.11. The molecule has 6 heteroatoms. The first kappa shape index (κ1) is 19.0. The highest BCUT2D eigenvalue weighted by Gasteiger charge is 2.11. The van der Waals surface area contributed by atoms with E-state index in [4.69, 9.17) is 14.5 Å². The molecule has 0 aliphatic rings. The highest BCUT2D eigenvalue weighted by atomic mass is 32.2. The number of hydrogen-bond acceptors (Lipinski definition) is 5. The van der Waals surface area contributed by atoms with Gasteiger partial charge >= 0.3 is 0 Å². The van der Waals surface area contributed by atoms with E-state index in [0.29, 0.717) is 23.8 Å². The second-order valence-electron chi connectivity index (χ2n) is 6.06. The highest BCUT2D eigenvalue weighted by molar-refractivity contribution is 7.99. The van der Waals surface area contributed by atoms with Crippen molar-refractivity contribution in [1.29, 1.82) is 0 Å². The van der Waals surface area contributed by atoms with E-state index >= 15 is 0 Å². The van der Waals surface area contributed by atoms with Crippen LogP contribution in [-0.4, -0.2) is 30.9 Å². The van der Waals surface area contributed by atoms with Gasteiger partial charge in [0.2, 0.25) is 5.91 Å². The van der Waals surface area contributed by atoms with Gasteiger partial charge < -0.3 is 14.8 Å². The van der Waals surface area contributed by atoms with Crippen LogP contribution in [0.4, 0.5) is 0 Å². The zero-order valence-corrected chi connectivity index (χ0v) is 16.4. The minimum absolute atomic E-state index is 0.0162. The minimum atomic E-state index is -0.0162. The molecule has 1 amide bonds. The number of nitrogens with zero attached hydrogens (tertiary/aromatic N) is 1. The molecule has 0 saturated carbocycles. The summed E-state index contributed by atoms with van der Waals surface area (Å²) in [6.07, 6.45) is 0. The van der Waals surface area contributed by atoms with E-state index in [9.17, 15) is 4.79 Å². The number of methoxy groups -OCH3 is 2. The van der Waals surface area contributed by atoms with Crippen molar-refractivity contribution in [3.05, 3.63) is 59.7 Å². The van der Waals surface area contributed by atoms with Crippen LogP contribution in [0, 0.1) is 6.92 Å². The summed E-state index contributed by atoms with van der Waals surface area (Å²) in [6.45, 7) is 2.52. The quantitative estimate of drug-likeness (QED) is 0.627. The van der Waals surface area contributed by atoms with Crippen LogP contribution in [0.3, 0.4) is 0 Å². The van der Waals surface area contributed by atoms with Gasteiger partial charge in [-0.3, -0.25) is 4.79 Å². The van der Waals surface area contributed by atoms with Gasteiger partial charge in [0.15, 0.2) is 11.5 Å². The van der Waals surface area contributed by atoms with Gasteiger partial charge in [0.25, 0.3) is 0 Å². The van der Waals surface area contributed by atoms with Crippen LogP contribution in [0.1, 0.15) is 11.1 Å². The second kappa shape index (κ2) is 8.77. The normalized spacial score (nSPS) is 10.6. The Bertz CT molecular complexity index is 945. The SMILES string of the molecule is COc1cc2cc(C)c(SCC(=O)NCc3ccccc3)nc2cc1OC. The molecule has 0 aliphatic heterocycles. The van der Waals surface area contributed by atoms with Gasteiger partial charge in [-0.25, -0.2) is 4.98 Å². The summed E-state index contributed by atoms with van der Waals surface area (Å²) in [5.41, 5.74) is 2.91. The van der Waals surface area contributed by atoms with Crippen molar-refractivity contribution in [2.24, 2.45) is 0 Å². The van der Waals surface area contributed by atoms with Gasteiger partial charge in [0, 0.05) is 18.0 Å².